The number of nitrogens with zero attached hydrogens (tertiary/aromatic N) is 1. The Morgan fingerprint density at radius 2 is 0.975 bits per heavy atom. The number of aliphatic hydroxyl groups excluding tert-OH is 1. The fraction of sp³-hybridized carbons (Fsp3) is 1.00. The Kier molecular flexibility index (Phi) is 27.8. The first kappa shape index (κ1) is 40.0. The van der Waals surface area contributed by atoms with Crippen molar-refractivity contribution >= 4 is 7.82 Å². The van der Waals surface area contributed by atoms with E-state index < -0.39 is 13.9 Å². The summed E-state index contributed by atoms with van der Waals surface area (Å²) in [5.74, 6) is 0. The van der Waals surface area contributed by atoms with Crippen LogP contribution in [0.25, 0.3) is 0 Å². The number of phosphoric acid groups is 1. The summed E-state index contributed by atoms with van der Waals surface area (Å²) in [5.41, 5.74) is 0. The highest BCUT2D eigenvalue weighted by atomic mass is 31.2. The Morgan fingerprint density at radius 3 is 1.32 bits per heavy atom. The third-order valence-electron chi connectivity index (χ3n) is 7.50. The van der Waals surface area contributed by atoms with E-state index in [0.717, 1.165) is 12.8 Å². The summed E-state index contributed by atoms with van der Waals surface area (Å²) < 4.78 is 28.2. The van der Waals surface area contributed by atoms with Gasteiger partial charge in [0.25, 0.3) is 0 Å². The largest absolute Gasteiger partial charge is 0.472 e. The molecule has 0 saturated heterocycles. The molecular formula is C32H69NO6P+. The van der Waals surface area contributed by atoms with Crippen molar-refractivity contribution in [3.8, 4) is 0 Å². The number of unbranched alkanes of at least 4 members (excludes halogenated alkanes) is 21. The zero-order valence-corrected chi connectivity index (χ0v) is 28.0. The molecule has 0 amide bonds. The molecule has 0 aliphatic carbocycles. The van der Waals surface area contributed by atoms with Crippen LogP contribution in [0.2, 0.25) is 0 Å². The number of hydrogen-bond donors (Lipinski definition) is 2. The van der Waals surface area contributed by atoms with Crippen LogP contribution in [0.15, 0.2) is 0 Å². The molecule has 0 radical (unpaired) electrons. The Bertz CT molecular complexity index is 572. The van der Waals surface area contributed by atoms with Gasteiger partial charge in [0.2, 0.25) is 0 Å². The minimum atomic E-state index is -4.13. The van der Waals surface area contributed by atoms with Gasteiger partial charge in [0.05, 0.1) is 34.4 Å². The third-order valence-corrected chi connectivity index (χ3v) is 8.48. The van der Waals surface area contributed by atoms with Crippen LogP contribution < -0.4 is 0 Å². The van der Waals surface area contributed by atoms with Crippen LogP contribution in [0.3, 0.4) is 0 Å². The van der Waals surface area contributed by atoms with Crippen molar-refractivity contribution in [3.63, 3.8) is 0 Å². The van der Waals surface area contributed by atoms with E-state index in [2.05, 4.69) is 6.92 Å². The standard InChI is InChI=1S/C32H68NO6P/c1-5-6-7-8-9-10-11-12-13-14-15-16-17-18-19-20-21-22-23-24-25-26-28-37-32(30-34)31-39-40(35,36)38-29-27-33(2,3)4/h32,34H,5-31H2,1-4H3/p+1/t32-/m1/s1. The van der Waals surface area contributed by atoms with Gasteiger partial charge in [-0.3, -0.25) is 9.05 Å². The molecule has 0 spiro atoms. The van der Waals surface area contributed by atoms with Gasteiger partial charge in [-0.1, -0.05) is 142 Å². The van der Waals surface area contributed by atoms with Gasteiger partial charge in [-0.05, 0) is 6.42 Å². The molecule has 0 aliphatic heterocycles. The summed E-state index contributed by atoms with van der Waals surface area (Å²) in [6.45, 7) is 3.11. The van der Waals surface area contributed by atoms with Crippen molar-refractivity contribution < 1.29 is 32.8 Å². The summed E-state index contributed by atoms with van der Waals surface area (Å²) in [5, 5.41) is 9.46. The number of likely N-dealkylation sites (N-methyl/N-ethyl adjacent to an activating group) is 1. The molecule has 0 bridgehead atoms. The molecule has 2 atom stereocenters. The van der Waals surface area contributed by atoms with E-state index >= 15 is 0 Å². The van der Waals surface area contributed by atoms with Crippen LogP contribution in [-0.2, 0) is 18.3 Å². The summed E-state index contributed by atoms with van der Waals surface area (Å²) in [7, 11) is 1.80. The number of hydrogen-bond acceptors (Lipinski definition) is 5. The highest BCUT2D eigenvalue weighted by molar-refractivity contribution is 7.47. The predicted molar refractivity (Wildman–Crippen MR) is 169 cm³/mol. The zero-order chi connectivity index (χ0) is 29.8. The molecular weight excluding hydrogens is 525 g/mol. The van der Waals surface area contributed by atoms with Gasteiger partial charge in [0, 0.05) is 6.61 Å². The Labute approximate surface area is 249 Å². The molecule has 0 aromatic heterocycles. The molecule has 0 aliphatic rings. The maximum atomic E-state index is 12.0. The second-order valence-corrected chi connectivity index (χ2v) is 14.2. The molecule has 0 saturated carbocycles. The SMILES string of the molecule is CCCCCCCCCCCCCCCCCCCCCCCCO[C@H](CO)COP(=O)(O)OCC[N+](C)(C)C. The van der Waals surface area contributed by atoms with Crippen molar-refractivity contribution in [3.05, 3.63) is 0 Å². The van der Waals surface area contributed by atoms with Crippen LogP contribution in [0.4, 0.5) is 0 Å². The summed E-state index contributed by atoms with van der Waals surface area (Å²) in [6, 6.07) is 0. The maximum absolute atomic E-state index is 12.0. The van der Waals surface area contributed by atoms with Gasteiger partial charge in [-0.2, -0.15) is 0 Å². The second kappa shape index (κ2) is 27.8. The fourth-order valence-electron chi connectivity index (χ4n) is 4.76. The maximum Gasteiger partial charge on any atom is 0.472 e. The molecule has 0 aromatic carbocycles. The first-order chi connectivity index (χ1) is 19.2. The van der Waals surface area contributed by atoms with Gasteiger partial charge < -0.3 is 19.2 Å². The molecule has 1 unspecified atom stereocenters. The number of ether oxygens (including phenoxy) is 1. The Balaban J connectivity index is 3.39. The lowest BCUT2D eigenvalue weighted by Gasteiger charge is -2.24. The van der Waals surface area contributed by atoms with E-state index in [1.165, 1.54) is 128 Å². The predicted octanol–water partition coefficient (Wildman–Crippen LogP) is 8.81. The van der Waals surface area contributed by atoms with Crippen LogP contribution >= 0.6 is 7.82 Å². The van der Waals surface area contributed by atoms with E-state index in [1.807, 2.05) is 21.1 Å². The molecule has 0 rings (SSSR count). The third kappa shape index (κ3) is 30.9. The zero-order valence-electron chi connectivity index (χ0n) is 27.1. The van der Waals surface area contributed by atoms with Crippen molar-refractivity contribution in [1.82, 2.24) is 0 Å². The van der Waals surface area contributed by atoms with Gasteiger partial charge in [-0.15, -0.1) is 0 Å². The van der Waals surface area contributed by atoms with Gasteiger partial charge in [-0.25, -0.2) is 4.57 Å². The molecule has 2 N–H and O–H groups in total. The molecule has 40 heavy (non-hydrogen) atoms. The molecule has 0 fully saturated rings. The number of rotatable bonds is 32. The smallest absolute Gasteiger partial charge is 0.394 e. The number of aliphatic hydroxyl groups is 1. The van der Waals surface area contributed by atoms with Crippen molar-refractivity contribution in [2.45, 2.75) is 154 Å². The molecule has 8 heteroatoms. The molecule has 242 valence electrons. The van der Waals surface area contributed by atoms with Crippen molar-refractivity contribution in [2.75, 3.05) is 54.1 Å². The van der Waals surface area contributed by atoms with Gasteiger partial charge in [0.15, 0.2) is 0 Å². The normalized spacial score (nSPS) is 14.4. The lowest BCUT2D eigenvalue weighted by Crippen LogP contribution is -2.37. The van der Waals surface area contributed by atoms with E-state index in [9.17, 15) is 14.6 Å². The minimum absolute atomic E-state index is 0.126. The molecule has 0 heterocycles. The number of phosphoric ester groups is 1. The molecule has 7 nitrogen and oxygen atoms in total. The summed E-state index contributed by atoms with van der Waals surface area (Å²) in [4.78, 5) is 9.78. The van der Waals surface area contributed by atoms with Crippen molar-refractivity contribution in [2.24, 2.45) is 0 Å². The van der Waals surface area contributed by atoms with E-state index in [1.54, 1.807) is 0 Å². The Hall–Kier alpha value is -0.0100. The highest BCUT2D eigenvalue weighted by Crippen LogP contribution is 2.43. The van der Waals surface area contributed by atoms with Crippen molar-refractivity contribution in [1.29, 1.82) is 0 Å². The quantitative estimate of drug-likeness (QED) is 0.0460. The fourth-order valence-corrected chi connectivity index (χ4v) is 5.50. The second-order valence-electron chi connectivity index (χ2n) is 12.7. The molecule has 0 aromatic rings. The Morgan fingerprint density at radius 1 is 0.600 bits per heavy atom. The van der Waals surface area contributed by atoms with Crippen LogP contribution in [0.5, 0.6) is 0 Å². The van der Waals surface area contributed by atoms with E-state index in [4.69, 9.17) is 13.8 Å². The van der Waals surface area contributed by atoms with Crippen LogP contribution in [0, 0.1) is 0 Å². The average Bonchev–Trinajstić information content (AvgIpc) is 2.90. The first-order valence-electron chi connectivity index (χ1n) is 16.8. The van der Waals surface area contributed by atoms with E-state index in [0.29, 0.717) is 17.6 Å². The summed E-state index contributed by atoms with van der Waals surface area (Å²) in [6.07, 6.45) is 29.3. The average molecular weight is 595 g/mol. The lowest BCUT2D eigenvalue weighted by molar-refractivity contribution is -0.870. The topological polar surface area (TPSA) is 85.2 Å². The van der Waals surface area contributed by atoms with E-state index in [-0.39, 0.29) is 19.8 Å². The first-order valence-corrected chi connectivity index (χ1v) is 18.3. The van der Waals surface area contributed by atoms with Crippen LogP contribution in [0.1, 0.15) is 148 Å². The highest BCUT2D eigenvalue weighted by Gasteiger charge is 2.24. The number of quaternary nitrogens is 1. The summed E-state index contributed by atoms with van der Waals surface area (Å²) >= 11 is 0. The van der Waals surface area contributed by atoms with Gasteiger partial charge >= 0.3 is 7.82 Å². The lowest BCUT2D eigenvalue weighted by atomic mass is 10.0. The minimum Gasteiger partial charge on any atom is -0.394 e. The monoisotopic (exact) mass is 594 g/mol. The van der Waals surface area contributed by atoms with Crippen LogP contribution in [-0.4, -0.2) is 74.7 Å². The van der Waals surface area contributed by atoms with Gasteiger partial charge in [0.1, 0.15) is 19.3 Å².